The number of nitro groups is 1. The van der Waals surface area contributed by atoms with Gasteiger partial charge in [0.05, 0.1) is 18.0 Å². The molecular formula is C20H19F2N3O6. The number of halogens is 2. The van der Waals surface area contributed by atoms with Crippen molar-refractivity contribution in [2.45, 2.75) is 25.3 Å². The molecule has 9 nitrogen and oxygen atoms in total. The van der Waals surface area contributed by atoms with E-state index in [4.69, 9.17) is 10.5 Å². The number of benzene rings is 2. The second-order valence-corrected chi connectivity index (χ2v) is 6.45. The number of esters is 1. The van der Waals surface area contributed by atoms with E-state index in [1.165, 1.54) is 24.3 Å². The molecule has 0 heterocycles. The Kier molecular flexibility index (Phi) is 7.72. The van der Waals surface area contributed by atoms with E-state index in [0.717, 1.165) is 12.1 Å². The van der Waals surface area contributed by atoms with Crippen molar-refractivity contribution in [3.05, 3.63) is 75.3 Å². The van der Waals surface area contributed by atoms with Gasteiger partial charge in [0.15, 0.2) is 11.6 Å². The number of non-ortho nitro benzene ring substituents is 1. The maximum Gasteiger partial charge on any atom is 0.306 e. The molecule has 164 valence electrons. The van der Waals surface area contributed by atoms with Crippen LogP contribution in [0.1, 0.15) is 35.2 Å². The quantitative estimate of drug-likeness (QED) is 0.351. The van der Waals surface area contributed by atoms with E-state index in [1.807, 2.05) is 0 Å². The van der Waals surface area contributed by atoms with E-state index in [-0.39, 0.29) is 24.3 Å². The summed E-state index contributed by atoms with van der Waals surface area (Å²) < 4.78 is 31.5. The number of nitrogens with zero attached hydrogens (tertiary/aromatic N) is 1. The van der Waals surface area contributed by atoms with Gasteiger partial charge in [-0.1, -0.05) is 12.1 Å². The molecule has 0 fully saturated rings. The minimum atomic E-state index is -1.45. The molecule has 31 heavy (non-hydrogen) atoms. The summed E-state index contributed by atoms with van der Waals surface area (Å²) in [6, 6.07) is 5.93. The fourth-order valence-electron chi connectivity index (χ4n) is 2.90. The number of nitrogens with one attached hydrogen (secondary N) is 1. The van der Waals surface area contributed by atoms with Crippen LogP contribution in [0.5, 0.6) is 0 Å². The van der Waals surface area contributed by atoms with E-state index in [2.05, 4.69) is 5.32 Å². The standard InChI is InChI=1S/C20H19F2N3O6/c1-2-31-17(26)10-14(11-3-6-13(7-4-11)25(29)30)18(19(23)27)24-20(28)12-5-8-15(21)16(22)9-12/h3-9,14,18H,2,10H2,1H3,(H2,23,27)(H,24,28)/t14-,18+/m0/s1. The van der Waals surface area contributed by atoms with Gasteiger partial charge in [0.2, 0.25) is 5.91 Å². The summed E-state index contributed by atoms with van der Waals surface area (Å²) in [7, 11) is 0. The highest BCUT2D eigenvalue weighted by Gasteiger charge is 2.32. The van der Waals surface area contributed by atoms with Gasteiger partial charge in [0.25, 0.3) is 11.6 Å². The van der Waals surface area contributed by atoms with E-state index in [9.17, 15) is 33.3 Å². The number of hydrogen-bond donors (Lipinski definition) is 2. The average Bonchev–Trinajstić information content (AvgIpc) is 2.72. The third-order valence-electron chi connectivity index (χ3n) is 4.40. The summed E-state index contributed by atoms with van der Waals surface area (Å²) in [4.78, 5) is 47.0. The van der Waals surface area contributed by atoms with Crippen molar-refractivity contribution in [1.82, 2.24) is 5.32 Å². The number of rotatable bonds is 9. The summed E-state index contributed by atoms with van der Waals surface area (Å²) in [6.45, 7) is 1.64. The third-order valence-corrected chi connectivity index (χ3v) is 4.40. The van der Waals surface area contributed by atoms with Crippen LogP contribution in [0.25, 0.3) is 0 Å². The monoisotopic (exact) mass is 435 g/mol. The zero-order valence-corrected chi connectivity index (χ0v) is 16.3. The summed E-state index contributed by atoms with van der Waals surface area (Å²) in [5.41, 5.74) is 5.24. The lowest BCUT2D eigenvalue weighted by Gasteiger charge is -2.25. The highest BCUT2D eigenvalue weighted by atomic mass is 19.2. The first-order valence-electron chi connectivity index (χ1n) is 9.09. The van der Waals surface area contributed by atoms with E-state index in [0.29, 0.717) is 11.6 Å². The highest BCUT2D eigenvalue weighted by molar-refractivity contribution is 5.97. The fourth-order valence-corrected chi connectivity index (χ4v) is 2.90. The van der Waals surface area contributed by atoms with Crippen LogP contribution >= 0.6 is 0 Å². The second kappa shape index (κ2) is 10.2. The van der Waals surface area contributed by atoms with Crippen molar-refractivity contribution in [2.75, 3.05) is 6.61 Å². The summed E-state index contributed by atoms with van der Waals surface area (Å²) in [5.74, 6) is -6.09. The van der Waals surface area contributed by atoms with Crippen LogP contribution in [-0.2, 0) is 14.3 Å². The second-order valence-electron chi connectivity index (χ2n) is 6.45. The van der Waals surface area contributed by atoms with E-state index < -0.39 is 46.3 Å². The van der Waals surface area contributed by atoms with Crippen molar-refractivity contribution in [2.24, 2.45) is 5.73 Å². The third kappa shape index (κ3) is 6.04. The van der Waals surface area contributed by atoms with Crippen molar-refractivity contribution in [3.8, 4) is 0 Å². The zero-order valence-electron chi connectivity index (χ0n) is 16.3. The molecule has 2 rings (SSSR count). The largest absolute Gasteiger partial charge is 0.466 e. The number of ether oxygens (including phenoxy) is 1. The molecule has 0 unspecified atom stereocenters. The molecule has 0 bridgehead atoms. The van der Waals surface area contributed by atoms with Gasteiger partial charge in [-0.2, -0.15) is 0 Å². The van der Waals surface area contributed by atoms with Crippen molar-refractivity contribution < 1.29 is 32.8 Å². The highest BCUT2D eigenvalue weighted by Crippen LogP contribution is 2.27. The molecule has 0 saturated carbocycles. The Bertz CT molecular complexity index is 997. The molecule has 3 N–H and O–H groups in total. The number of carbonyl (C=O) groups is 3. The van der Waals surface area contributed by atoms with Gasteiger partial charge in [0.1, 0.15) is 6.04 Å². The molecule has 0 saturated heterocycles. The van der Waals surface area contributed by atoms with Gasteiger partial charge in [-0.15, -0.1) is 0 Å². The Labute approximate surface area is 175 Å². The number of nitrogens with two attached hydrogens (primary N) is 1. The van der Waals surface area contributed by atoms with E-state index >= 15 is 0 Å². The number of hydrogen-bond acceptors (Lipinski definition) is 6. The number of amides is 2. The molecular weight excluding hydrogens is 416 g/mol. The van der Waals surface area contributed by atoms with Gasteiger partial charge in [-0.25, -0.2) is 8.78 Å². The molecule has 2 amide bonds. The fraction of sp³-hybridized carbons (Fsp3) is 0.250. The average molecular weight is 435 g/mol. The summed E-state index contributed by atoms with van der Waals surface area (Å²) in [5, 5.41) is 13.2. The lowest BCUT2D eigenvalue weighted by atomic mass is 9.87. The normalized spacial score (nSPS) is 12.5. The molecule has 0 aliphatic heterocycles. The Morgan fingerprint density at radius 1 is 1.13 bits per heavy atom. The van der Waals surface area contributed by atoms with Crippen molar-refractivity contribution in [3.63, 3.8) is 0 Å². The molecule has 2 aromatic carbocycles. The Hall–Kier alpha value is -3.89. The van der Waals surface area contributed by atoms with Crippen LogP contribution in [0, 0.1) is 21.7 Å². The SMILES string of the molecule is CCOC(=O)C[C@@H](c1ccc([N+](=O)[O-])cc1)[C@@H](NC(=O)c1ccc(F)c(F)c1)C(N)=O. The van der Waals surface area contributed by atoms with Gasteiger partial charge in [0, 0.05) is 23.6 Å². The van der Waals surface area contributed by atoms with Crippen LogP contribution in [0.4, 0.5) is 14.5 Å². The zero-order chi connectivity index (χ0) is 23.1. The Balaban J connectivity index is 2.39. The number of nitro benzene ring substituents is 1. The van der Waals surface area contributed by atoms with Crippen LogP contribution in [-0.4, -0.2) is 35.4 Å². The minimum Gasteiger partial charge on any atom is -0.466 e. The molecule has 0 aliphatic rings. The van der Waals surface area contributed by atoms with Crippen LogP contribution < -0.4 is 11.1 Å². The van der Waals surface area contributed by atoms with Gasteiger partial charge >= 0.3 is 5.97 Å². The van der Waals surface area contributed by atoms with Crippen molar-refractivity contribution >= 4 is 23.5 Å². The van der Waals surface area contributed by atoms with E-state index in [1.54, 1.807) is 6.92 Å². The van der Waals surface area contributed by atoms with Crippen LogP contribution in [0.3, 0.4) is 0 Å². The molecule has 2 atom stereocenters. The minimum absolute atomic E-state index is 0.0638. The lowest BCUT2D eigenvalue weighted by Crippen LogP contribution is -2.48. The smallest absolute Gasteiger partial charge is 0.306 e. The topological polar surface area (TPSA) is 142 Å². The lowest BCUT2D eigenvalue weighted by molar-refractivity contribution is -0.384. The summed E-state index contributed by atoms with van der Waals surface area (Å²) >= 11 is 0. The molecule has 0 aromatic heterocycles. The first-order chi connectivity index (χ1) is 14.6. The van der Waals surface area contributed by atoms with Gasteiger partial charge in [-0.05, 0) is 30.7 Å². The van der Waals surface area contributed by atoms with Crippen LogP contribution in [0.15, 0.2) is 42.5 Å². The predicted molar refractivity (Wildman–Crippen MR) is 104 cm³/mol. The first kappa shape index (κ1) is 23.4. The Morgan fingerprint density at radius 3 is 2.29 bits per heavy atom. The molecule has 11 heteroatoms. The molecule has 0 spiro atoms. The molecule has 0 aliphatic carbocycles. The van der Waals surface area contributed by atoms with Crippen LogP contribution in [0.2, 0.25) is 0 Å². The first-order valence-corrected chi connectivity index (χ1v) is 9.09. The molecule has 0 radical (unpaired) electrons. The number of primary amides is 1. The maximum absolute atomic E-state index is 13.5. The van der Waals surface area contributed by atoms with Gasteiger partial charge < -0.3 is 15.8 Å². The predicted octanol–water partition coefficient (Wildman–Crippen LogP) is 2.19. The maximum atomic E-state index is 13.5. The molecule has 2 aromatic rings. The Morgan fingerprint density at radius 2 is 1.77 bits per heavy atom. The summed E-state index contributed by atoms with van der Waals surface area (Å²) in [6.07, 6.45) is -0.378. The number of carbonyl (C=O) groups excluding carboxylic acids is 3. The van der Waals surface area contributed by atoms with Crippen molar-refractivity contribution in [1.29, 1.82) is 0 Å². The van der Waals surface area contributed by atoms with Gasteiger partial charge in [-0.3, -0.25) is 24.5 Å².